The summed E-state index contributed by atoms with van der Waals surface area (Å²) in [5.74, 6) is 0.801. The van der Waals surface area contributed by atoms with Crippen molar-refractivity contribution >= 4 is 23.8 Å². The molecule has 0 spiro atoms. The smallest absolute Gasteiger partial charge is 0.321 e. The van der Waals surface area contributed by atoms with Crippen LogP contribution >= 0.6 is 12.0 Å². The van der Waals surface area contributed by atoms with Crippen LogP contribution in [-0.4, -0.2) is 19.1 Å². The molecule has 1 aliphatic heterocycles. The van der Waals surface area contributed by atoms with Gasteiger partial charge in [0, 0.05) is 23.7 Å². The Balaban J connectivity index is 0.00000139. The Bertz CT molecular complexity index is 580. The summed E-state index contributed by atoms with van der Waals surface area (Å²) in [6, 6.07) is 7.72. The Morgan fingerprint density at radius 1 is 1.38 bits per heavy atom. The third kappa shape index (κ3) is 6.16. The number of nitrogens with one attached hydrogen (secondary N) is 1. The van der Waals surface area contributed by atoms with Crippen molar-refractivity contribution in [3.05, 3.63) is 60.9 Å². The van der Waals surface area contributed by atoms with Crippen molar-refractivity contribution in [1.82, 2.24) is 5.32 Å². The Labute approximate surface area is 149 Å². The SMILES string of the molecule is C=C/C=C\C(=C/CC)OSc1ccc(N2CCNC2=O)cc1.CC. The number of nitrogens with zero attached hydrogens (tertiary/aromatic N) is 1. The van der Waals surface area contributed by atoms with Crippen LogP contribution in [0.25, 0.3) is 0 Å². The van der Waals surface area contributed by atoms with Gasteiger partial charge in [-0.25, -0.2) is 4.79 Å². The van der Waals surface area contributed by atoms with Gasteiger partial charge in [0.25, 0.3) is 0 Å². The maximum Gasteiger partial charge on any atom is 0.321 e. The van der Waals surface area contributed by atoms with Crippen LogP contribution in [0.15, 0.2) is 65.8 Å². The molecule has 0 aliphatic carbocycles. The van der Waals surface area contributed by atoms with Crippen LogP contribution in [0.3, 0.4) is 0 Å². The number of carbonyl (C=O) groups is 1. The maximum atomic E-state index is 11.6. The van der Waals surface area contributed by atoms with Gasteiger partial charge < -0.3 is 9.50 Å². The molecule has 0 radical (unpaired) electrons. The lowest BCUT2D eigenvalue weighted by Gasteiger charge is -2.14. The first-order chi connectivity index (χ1) is 11.7. The summed E-state index contributed by atoms with van der Waals surface area (Å²) < 4.78 is 5.71. The summed E-state index contributed by atoms with van der Waals surface area (Å²) in [6.45, 7) is 11.1. The minimum Gasteiger partial charge on any atom is -0.421 e. The van der Waals surface area contributed by atoms with E-state index < -0.39 is 0 Å². The zero-order valence-electron chi connectivity index (χ0n) is 14.6. The second kappa shape index (κ2) is 11.4. The summed E-state index contributed by atoms with van der Waals surface area (Å²) in [4.78, 5) is 14.3. The fourth-order valence-corrected chi connectivity index (χ4v) is 2.55. The van der Waals surface area contributed by atoms with Gasteiger partial charge in [0.15, 0.2) is 0 Å². The topological polar surface area (TPSA) is 41.6 Å². The highest BCUT2D eigenvalue weighted by molar-refractivity contribution is 7.94. The van der Waals surface area contributed by atoms with Gasteiger partial charge in [-0.2, -0.15) is 0 Å². The lowest BCUT2D eigenvalue weighted by Crippen LogP contribution is -2.27. The predicted octanol–water partition coefficient (Wildman–Crippen LogP) is 5.30. The van der Waals surface area contributed by atoms with Gasteiger partial charge >= 0.3 is 6.03 Å². The van der Waals surface area contributed by atoms with Crippen LogP contribution < -0.4 is 10.2 Å². The van der Waals surface area contributed by atoms with Crippen LogP contribution in [0, 0.1) is 0 Å². The molecule has 1 aromatic carbocycles. The summed E-state index contributed by atoms with van der Waals surface area (Å²) in [5.41, 5.74) is 0.898. The zero-order valence-corrected chi connectivity index (χ0v) is 15.4. The molecule has 1 saturated heterocycles. The van der Waals surface area contributed by atoms with Gasteiger partial charge in [-0.1, -0.05) is 39.5 Å². The third-order valence-corrected chi connectivity index (χ3v) is 3.78. The molecule has 5 heteroatoms. The van der Waals surface area contributed by atoms with Crippen LogP contribution in [0.1, 0.15) is 27.2 Å². The molecule has 0 saturated carbocycles. The molecule has 24 heavy (non-hydrogen) atoms. The van der Waals surface area contributed by atoms with E-state index in [0.29, 0.717) is 13.1 Å². The fraction of sp³-hybridized carbons (Fsp3) is 0.316. The van der Waals surface area contributed by atoms with Gasteiger partial charge in [0.2, 0.25) is 0 Å². The minimum absolute atomic E-state index is 0.0422. The molecule has 0 bridgehead atoms. The van der Waals surface area contributed by atoms with Gasteiger partial charge in [0.1, 0.15) is 5.76 Å². The number of benzene rings is 1. The van der Waals surface area contributed by atoms with E-state index in [-0.39, 0.29) is 6.03 Å². The second-order valence-corrected chi connectivity index (χ2v) is 5.46. The molecule has 1 heterocycles. The molecule has 0 atom stereocenters. The molecule has 1 aromatic rings. The number of anilines is 1. The minimum atomic E-state index is -0.0422. The highest BCUT2D eigenvalue weighted by Gasteiger charge is 2.20. The number of amides is 2. The second-order valence-electron chi connectivity index (χ2n) is 4.65. The van der Waals surface area contributed by atoms with Crippen molar-refractivity contribution in [2.24, 2.45) is 0 Å². The van der Waals surface area contributed by atoms with Crippen LogP contribution in [0.4, 0.5) is 10.5 Å². The first kappa shape index (κ1) is 19.9. The predicted molar refractivity (Wildman–Crippen MR) is 103 cm³/mol. The van der Waals surface area contributed by atoms with E-state index in [1.165, 1.54) is 12.0 Å². The van der Waals surface area contributed by atoms with Crippen molar-refractivity contribution in [1.29, 1.82) is 0 Å². The Kier molecular flexibility index (Phi) is 9.46. The van der Waals surface area contributed by atoms with Crippen molar-refractivity contribution in [2.45, 2.75) is 32.1 Å². The molecule has 0 unspecified atom stereocenters. The van der Waals surface area contributed by atoms with Crippen LogP contribution in [-0.2, 0) is 4.18 Å². The van der Waals surface area contributed by atoms with Crippen LogP contribution in [0.2, 0.25) is 0 Å². The number of hydrogen-bond acceptors (Lipinski definition) is 3. The molecule has 1 N–H and O–H groups in total. The lowest BCUT2D eigenvalue weighted by molar-refractivity contribution is 0.252. The molecule has 1 aliphatic rings. The van der Waals surface area contributed by atoms with E-state index in [2.05, 4.69) is 18.8 Å². The highest BCUT2D eigenvalue weighted by Crippen LogP contribution is 2.26. The van der Waals surface area contributed by atoms with E-state index in [4.69, 9.17) is 4.18 Å². The highest BCUT2D eigenvalue weighted by atomic mass is 32.2. The fourth-order valence-electron chi connectivity index (χ4n) is 1.99. The summed E-state index contributed by atoms with van der Waals surface area (Å²) in [6.07, 6.45) is 8.35. The normalized spacial score (nSPS) is 14.2. The quantitative estimate of drug-likeness (QED) is 0.414. The molecule has 0 aromatic heterocycles. The number of carbonyl (C=O) groups excluding carboxylic acids is 1. The van der Waals surface area contributed by atoms with Crippen molar-refractivity contribution < 1.29 is 8.98 Å². The Morgan fingerprint density at radius 3 is 2.62 bits per heavy atom. The number of hydrogen-bond donors (Lipinski definition) is 1. The number of rotatable bonds is 7. The molecule has 2 rings (SSSR count). The number of urea groups is 1. The average molecular weight is 346 g/mol. The Morgan fingerprint density at radius 2 is 2.08 bits per heavy atom. The number of allylic oxidation sites excluding steroid dienone is 4. The van der Waals surface area contributed by atoms with E-state index in [0.717, 1.165) is 22.8 Å². The van der Waals surface area contributed by atoms with Gasteiger partial charge in [0.05, 0.1) is 12.0 Å². The Hall–Kier alpha value is -2.14. The summed E-state index contributed by atoms with van der Waals surface area (Å²) >= 11 is 1.30. The lowest BCUT2D eigenvalue weighted by atomic mass is 10.3. The molecular weight excluding hydrogens is 320 g/mol. The standard InChI is InChI=1S/C17H20N2O2S.C2H6/c1-3-5-7-15(6-4-2)21-22-16-10-8-14(9-11-16)19-13-12-18-17(19)20;1-2/h3,5-11H,1,4,12-13H2,2H3,(H,18,20);1-2H3/b7-5-,15-6+;. The molecular formula is C19H26N2O2S. The largest absolute Gasteiger partial charge is 0.421 e. The van der Waals surface area contributed by atoms with E-state index in [9.17, 15) is 4.79 Å². The third-order valence-electron chi connectivity index (χ3n) is 3.04. The molecule has 1 fully saturated rings. The van der Waals surface area contributed by atoms with E-state index >= 15 is 0 Å². The first-order valence-corrected chi connectivity index (χ1v) is 8.98. The zero-order chi connectivity index (χ0) is 17.8. The summed E-state index contributed by atoms with van der Waals surface area (Å²) in [7, 11) is 0. The van der Waals surface area contributed by atoms with E-state index in [1.807, 2.05) is 56.3 Å². The van der Waals surface area contributed by atoms with Crippen LogP contribution in [0.5, 0.6) is 0 Å². The van der Waals surface area contributed by atoms with Crippen molar-refractivity contribution in [3.63, 3.8) is 0 Å². The van der Waals surface area contributed by atoms with E-state index in [1.54, 1.807) is 11.0 Å². The average Bonchev–Trinajstić information content (AvgIpc) is 3.05. The monoisotopic (exact) mass is 346 g/mol. The van der Waals surface area contributed by atoms with Gasteiger partial charge in [-0.05, 0) is 42.8 Å². The molecule has 130 valence electrons. The van der Waals surface area contributed by atoms with Crippen molar-refractivity contribution in [2.75, 3.05) is 18.0 Å². The van der Waals surface area contributed by atoms with Gasteiger partial charge in [-0.3, -0.25) is 4.90 Å². The first-order valence-electron chi connectivity index (χ1n) is 8.24. The molecule has 4 nitrogen and oxygen atoms in total. The summed E-state index contributed by atoms with van der Waals surface area (Å²) in [5, 5.41) is 2.79. The molecule has 2 amide bonds. The van der Waals surface area contributed by atoms with Crippen molar-refractivity contribution in [3.8, 4) is 0 Å². The maximum absolute atomic E-state index is 11.6. The van der Waals surface area contributed by atoms with Gasteiger partial charge in [-0.15, -0.1) is 0 Å².